The lowest BCUT2D eigenvalue weighted by atomic mass is 10.2. The molecular weight excluding hydrogens is 290 g/mol. The summed E-state index contributed by atoms with van der Waals surface area (Å²) in [6, 6.07) is 8.04. The van der Waals surface area contributed by atoms with E-state index in [0.29, 0.717) is 19.1 Å². The Morgan fingerprint density at radius 2 is 2.00 bits per heavy atom. The van der Waals surface area contributed by atoms with E-state index in [9.17, 15) is 4.79 Å². The van der Waals surface area contributed by atoms with E-state index in [1.807, 2.05) is 42.0 Å². The van der Waals surface area contributed by atoms with E-state index in [4.69, 9.17) is 4.74 Å². The fourth-order valence-electron chi connectivity index (χ4n) is 2.27. The van der Waals surface area contributed by atoms with Crippen molar-refractivity contribution in [3.63, 3.8) is 0 Å². The van der Waals surface area contributed by atoms with Gasteiger partial charge in [-0.05, 0) is 30.5 Å². The van der Waals surface area contributed by atoms with Gasteiger partial charge in [0.15, 0.2) is 0 Å². The molecule has 0 bridgehead atoms. The summed E-state index contributed by atoms with van der Waals surface area (Å²) in [5.74, 6) is 1.37. The molecule has 124 valence electrons. The van der Waals surface area contributed by atoms with Crippen molar-refractivity contribution in [3.8, 4) is 5.75 Å². The van der Waals surface area contributed by atoms with Gasteiger partial charge in [0.25, 0.3) is 0 Å². The number of imidazole rings is 1. The number of nitrogens with zero attached hydrogens (tertiary/aromatic N) is 3. The van der Waals surface area contributed by atoms with Crippen LogP contribution in [-0.4, -0.2) is 33.5 Å². The van der Waals surface area contributed by atoms with E-state index < -0.39 is 0 Å². The molecule has 1 amide bonds. The lowest BCUT2D eigenvalue weighted by molar-refractivity contribution is -0.120. The SMILES string of the molecule is CC(C)COc1ccc(CN(C=O)C(C)Cn2ccnc2)cc1. The Kier molecular flexibility index (Phi) is 6.20. The highest BCUT2D eigenvalue weighted by Gasteiger charge is 2.12. The van der Waals surface area contributed by atoms with Crippen LogP contribution in [0.25, 0.3) is 0 Å². The normalized spacial score (nSPS) is 12.2. The third kappa shape index (κ3) is 5.43. The monoisotopic (exact) mass is 315 g/mol. The molecule has 1 atom stereocenters. The second-order valence-corrected chi connectivity index (χ2v) is 6.24. The van der Waals surface area contributed by atoms with Gasteiger partial charge in [-0.3, -0.25) is 4.79 Å². The van der Waals surface area contributed by atoms with E-state index >= 15 is 0 Å². The first-order valence-corrected chi connectivity index (χ1v) is 7.97. The number of benzene rings is 1. The number of ether oxygens (including phenoxy) is 1. The van der Waals surface area contributed by atoms with Crippen LogP contribution in [0.2, 0.25) is 0 Å². The molecular formula is C18H25N3O2. The second-order valence-electron chi connectivity index (χ2n) is 6.24. The number of carbonyl (C=O) groups is 1. The summed E-state index contributed by atoms with van der Waals surface area (Å²) in [7, 11) is 0. The molecule has 0 aliphatic heterocycles. The number of rotatable bonds is 9. The molecule has 1 unspecified atom stereocenters. The van der Waals surface area contributed by atoms with Crippen LogP contribution in [0, 0.1) is 5.92 Å². The molecule has 2 aromatic rings. The van der Waals surface area contributed by atoms with Crippen LogP contribution in [-0.2, 0) is 17.9 Å². The fourth-order valence-corrected chi connectivity index (χ4v) is 2.27. The number of hydrogen-bond acceptors (Lipinski definition) is 3. The van der Waals surface area contributed by atoms with Crippen molar-refractivity contribution < 1.29 is 9.53 Å². The van der Waals surface area contributed by atoms with Gasteiger partial charge in [0.2, 0.25) is 6.41 Å². The maximum absolute atomic E-state index is 11.4. The molecule has 5 nitrogen and oxygen atoms in total. The number of amides is 1. The molecule has 5 heteroatoms. The third-order valence-corrected chi connectivity index (χ3v) is 3.61. The van der Waals surface area contributed by atoms with E-state index in [2.05, 4.69) is 18.8 Å². The van der Waals surface area contributed by atoms with Crippen molar-refractivity contribution >= 4 is 6.41 Å². The van der Waals surface area contributed by atoms with Gasteiger partial charge in [-0.25, -0.2) is 4.98 Å². The van der Waals surface area contributed by atoms with Crippen molar-refractivity contribution in [2.45, 2.75) is 39.9 Å². The van der Waals surface area contributed by atoms with E-state index in [-0.39, 0.29) is 6.04 Å². The molecule has 0 N–H and O–H groups in total. The topological polar surface area (TPSA) is 47.4 Å². The largest absolute Gasteiger partial charge is 0.493 e. The van der Waals surface area contributed by atoms with Gasteiger partial charge in [0.05, 0.1) is 12.9 Å². The minimum Gasteiger partial charge on any atom is -0.493 e. The molecule has 1 heterocycles. The highest BCUT2D eigenvalue weighted by molar-refractivity contribution is 5.48. The van der Waals surface area contributed by atoms with E-state index in [1.54, 1.807) is 17.4 Å². The third-order valence-electron chi connectivity index (χ3n) is 3.61. The lowest BCUT2D eigenvalue weighted by Gasteiger charge is -2.25. The maximum atomic E-state index is 11.4. The maximum Gasteiger partial charge on any atom is 0.210 e. The van der Waals surface area contributed by atoms with E-state index in [0.717, 1.165) is 24.3 Å². The van der Waals surface area contributed by atoms with Crippen molar-refractivity contribution in [3.05, 3.63) is 48.5 Å². The first-order valence-electron chi connectivity index (χ1n) is 7.97. The minimum absolute atomic E-state index is 0.0959. The quantitative estimate of drug-likeness (QED) is 0.668. The predicted octanol–water partition coefficient (Wildman–Crippen LogP) is 2.97. The highest BCUT2D eigenvalue weighted by Crippen LogP contribution is 2.15. The van der Waals surface area contributed by atoms with Gasteiger partial charge in [-0.15, -0.1) is 0 Å². The molecule has 0 fully saturated rings. The van der Waals surface area contributed by atoms with Crippen molar-refractivity contribution in [1.29, 1.82) is 0 Å². The summed E-state index contributed by atoms with van der Waals surface area (Å²) < 4.78 is 7.65. The molecule has 0 aliphatic carbocycles. The van der Waals surface area contributed by atoms with Crippen LogP contribution in [0.3, 0.4) is 0 Å². The van der Waals surface area contributed by atoms with Crippen LogP contribution < -0.4 is 4.74 Å². The molecule has 23 heavy (non-hydrogen) atoms. The fraction of sp³-hybridized carbons (Fsp3) is 0.444. The number of aromatic nitrogens is 2. The van der Waals surface area contributed by atoms with Crippen molar-refractivity contribution in [2.24, 2.45) is 5.92 Å². The summed E-state index contributed by atoms with van der Waals surface area (Å²) in [6.07, 6.45) is 6.32. The second kappa shape index (κ2) is 8.36. The number of hydrogen-bond donors (Lipinski definition) is 0. The summed E-state index contributed by atoms with van der Waals surface area (Å²) in [5, 5.41) is 0. The zero-order chi connectivity index (χ0) is 16.7. The van der Waals surface area contributed by atoms with Crippen LogP contribution in [0.1, 0.15) is 26.3 Å². The van der Waals surface area contributed by atoms with Gasteiger partial charge in [-0.2, -0.15) is 0 Å². The minimum atomic E-state index is 0.0959. The van der Waals surface area contributed by atoms with Crippen LogP contribution in [0.4, 0.5) is 0 Å². The highest BCUT2D eigenvalue weighted by atomic mass is 16.5. The molecule has 0 radical (unpaired) electrons. The average molecular weight is 315 g/mol. The summed E-state index contributed by atoms with van der Waals surface area (Å²) in [5.41, 5.74) is 1.09. The molecule has 1 aromatic heterocycles. The molecule has 0 spiro atoms. The Labute approximate surface area is 137 Å². The van der Waals surface area contributed by atoms with Crippen LogP contribution >= 0.6 is 0 Å². The van der Waals surface area contributed by atoms with E-state index in [1.165, 1.54) is 0 Å². The predicted molar refractivity (Wildman–Crippen MR) is 90.1 cm³/mol. The Balaban J connectivity index is 1.91. The molecule has 0 aliphatic rings. The van der Waals surface area contributed by atoms with Gasteiger partial charge in [0, 0.05) is 31.5 Å². The first kappa shape index (κ1) is 17.1. The molecule has 1 aromatic carbocycles. The first-order chi connectivity index (χ1) is 11.1. The van der Waals surface area contributed by atoms with Gasteiger partial charge >= 0.3 is 0 Å². The standard InChI is InChI=1S/C18H25N3O2/c1-15(2)12-23-18-6-4-17(5-7-18)11-21(14-22)16(3)10-20-9-8-19-13-20/h4-9,13-16H,10-12H2,1-3H3. The zero-order valence-corrected chi connectivity index (χ0v) is 14.1. The van der Waals surface area contributed by atoms with Gasteiger partial charge in [-0.1, -0.05) is 26.0 Å². The summed E-state index contributed by atoms with van der Waals surface area (Å²) in [6.45, 7) is 8.31. The Hall–Kier alpha value is -2.30. The zero-order valence-electron chi connectivity index (χ0n) is 14.1. The average Bonchev–Trinajstić information content (AvgIpc) is 3.04. The van der Waals surface area contributed by atoms with Crippen LogP contribution in [0.15, 0.2) is 43.0 Å². The van der Waals surface area contributed by atoms with Gasteiger partial charge < -0.3 is 14.2 Å². The smallest absolute Gasteiger partial charge is 0.210 e. The summed E-state index contributed by atoms with van der Waals surface area (Å²) >= 11 is 0. The van der Waals surface area contributed by atoms with Crippen molar-refractivity contribution in [2.75, 3.05) is 6.61 Å². The summed E-state index contributed by atoms with van der Waals surface area (Å²) in [4.78, 5) is 17.2. The lowest BCUT2D eigenvalue weighted by Crippen LogP contribution is -2.34. The number of carbonyl (C=O) groups excluding carboxylic acids is 1. The Bertz CT molecular complexity index is 579. The van der Waals surface area contributed by atoms with Crippen molar-refractivity contribution in [1.82, 2.24) is 14.5 Å². The van der Waals surface area contributed by atoms with Gasteiger partial charge in [0.1, 0.15) is 5.75 Å². The molecule has 0 saturated carbocycles. The molecule has 2 rings (SSSR count). The Morgan fingerprint density at radius 3 is 2.57 bits per heavy atom. The molecule has 0 saturated heterocycles. The Morgan fingerprint density at radius 1 is 1.26 bits per heavy atom. The van der Waals surface area contributed by atoms with Crippen LogP contribution in [0.5, 0.6) is 5.75 Å².